The molecule has 1 saturated carbocycles. The first-order valence-electron chi connectivity index (χ1n) is 9.88. The van der Waals surface area contributed by atoms with Crippen LogP contribution in [0.25, 0.3) is 28.0 Å². The molecule has 0 aliphatic heterocycles. The lowest BCUT2D eigenvalue weighted by Crippen LogP contribution is -2.16. The minimum atomic E-state index is 0.329. The van der Waals surface area contributed by atoms with Gasteiger partial charge in [-0.1, -0.05) is 30.3 Å². The third kappa shape index (κ3) is 3.45. The third-order valence-corrected chi connectivity index (χ3v) is 5.10. The van der Waals surface area contributed by atoms with Gasteiger partial charge in [0.15, 0.2) is 11.5 Å². The minimum Gasteiger partial charge on any atom is -0.368 e. The van der Waals surface area contributed by atoms with Crippen LogP contribution >= 0.6 is 0 Å². The molecule has 0 atom stereocenters. The number of nitrogen functional groups attached to an aromatic ring is 1. The maximum atomic E-state index is 6.30. The molecule has 0 spiro atoms. The van der Waals surface area contributed by atoms with E-state index >= 15 is 0 Å². The van der Waals surface area contributed by atoms with Crippen molar-refractivity contribution in [1.29, 1.82) is 0 Å². The van der Waals surface area contributed by atoms with Crippen molar-refractivity contribution in [3.05, 3.63) is 59.7 Å². The molecule has 7 nitrogen and oxygen atoms in total. The number of nitrogens with zero attached hydrogens (tertiary/aromatic N) is 5. The summed E-state index contributed by atoms with van der Waals surface area (Å²) in [6, 6.07) is 14.8. The molecule has 3 N–H and O–H groups in total. The number of pyridine rings is 1. The zero-order valence-electron chi connectivity index (χ0n) is 16.6. The number of aromatic nitrogens is 5. The molecular weight excluding hydrogens is 362 g/mol. The number of nitrogens with two attached hydrogens (primary N) is 1. The summed E-state index contributed by atoms with van der Waals surface area (Å²) in [5.41, 5.74) is 12.6. The maximum Gasteiger partial charge on any atom is 0.223 e. The molecule has 4 aromatic rings. The van der Waals surface area contributed by atoms with Crippen molar-refractivity contribution in [3.63, 3.8) is 0 Å². The van der Waals surface area contributed by atoms with Crippen LogP contribution < -0.4 is 11.1 Å². The Labute approximate surface area is 169 Å². The first kappa shape index (κ1) is 17.8. The SMILES string of the molecule is Cc1cc(-c2c(-c3ccccc3)nc(N)n3nc(CNC4CC4)nc23)cc(C)n1. The highest BCUT2D eigenvalue weighted by Crippen LogP contribution is 2.35. The fourth-order valence-corrected chi connectivity index (χ4v) is 3.65. The summed E-state index contributed by atoms with van der Waals surface area (Å²) in [4.78, 5) is 14.1. The fourth-order valence-electron chi connectivity index (χ4n) is 3.65. The van der Waals surface area contributed by atoms with E-state index in [1.54, 1.807) is 4.52 Å². The molecule has 3 heterocycles. The van der Waals surface area contributed by atoms with E-state index in [0.717, 1.165) is 39.6 Å². The molecule has 1 aliphatic carbocycles. The second-order valence-electron chi connectivity index (χ2n) is 7.62. The topological polar surface area (TPSA) is 94.0 Å². The first-order valence-corrected chi connectivity index (χ1v) is 9.88. The van der Waals surface area contributed by atoms with Crippen molar-refractivity contribution >= 4 is 11.6 Å². The number of benzene rings is 1. The van der Waals surface area contributed by atoms with Gasteiger partial charge in [-0.05, 0) is 44.4 Å². The minimum absolute atomic E-state index is 0.329. The van der Waals surface area contributed by atoms with Gasteiger partial charge < -0.3 is 11.1 Å². The van der Waals surface area contributed by atoms with E-state index < -0.39 is 0 Å². The Morgan fingerprint density at radius 2 is 1.72 bits per heavy atom. The average Bonchev–Trinajstić information content (AvgIpc) is 3.43. The second-order valence-corrected chi connectivity index (χ2v) is 7.62. The maximum absolute atomic E-state index is 6.30. The molecule has 146 valence electrons. The lowest BCUT2D eigenvalue weighted by Gasteiger charge is -2.13. The van der Waals surface area contributed by atoms with Crippen LogP contribution in [0, 0.1) is 13.8 Å². The summed E-state index contributed by atoms with van der Waals surface area (Å²) in [5, 5.41) is 8.09. The van der Waals surface area contributed by atoms with Gasteiger partial charge in [0.25, 0.3) is 0 Å². The summed E-state index contributed by atoms with van der Waals surface area (Å²) < 4.78 is 1.65. The van der Waals surface area contributed by atoms with Gasteiger partial charge in [0.2, 0.25) is 5.95 Å². The van der Waals surface area contributed by atoms with Crippen LogP contribution in [0.4, 0.5) is 5.95 Å². The van der Waals surface area contributed by atoms with Crippen molar-refractivity contribution in [2.75, 3.05) is 5.73 Å². The smallest absolute Gasteiger partial charge is 0.223 e. The predicted octanol–water partition coefficient (Wildman–Crippen LogP) is 3.30. The van der Waals surface area contributed by atoms with Crippen molar-refractivity contribution in [3.8, 4) is 22.4 Å². The van der Waals surface area contributed by atoms with E-state index in [1.807, 2.05) is 44.2 Å². The number of aryl methyl sites for hydroxylation is 2. The molecule has 0 unspecified atom stereocenters. The van der Waals surface area contributed by atoms with Gasteiger partial charge in [-0.15, -0.1) is 5.10 Å². The summed E-state index contributed by atoms with van der Waals surface area (Å²) in [7, 11) is 0. The van der Waals surface area contributed by atoms with Crippen LogP contribution in [0.1, 0.15) is 30.1 Å². The van der Waals surface area contributed by atoms with Crippen molar-refractivity contribution < 1.29 is 0 Å². The normalized spacial score (nSPS) is 13.9. The monoisotopic (exact) mass is 385 g/mol. The molecule has 3 aromatic heterocycles. The average molecular weight is 385 g/mol. The van der Waals surface area contributed by atoms with Gasteiger partial charge >= 0.3 is 0 Å². The zero-order chi connectivity index (χ0) is 20.0. The number of hydrogen-bond donors (Lipinski definition) is 2. The highest BCUT2D eigenvalue weighted by molar-refractivity contribution is 5.90. The molecule has 29 heavy (non-hydrogen) atoms. The van der Waals surface area contributed by atoms with E-state index in [0.29, 0.717) is 24.2 Å². The molecule has 7 heteroatoms. The molecule has 1 fully saturated rings. The fraction of sp³-hybridized carbons (Fsp3) is 0.273. The summed E-state index contributed by atoms with van der Waals surface area (Å²) in [6.07, 6.45) is 2.44. The molecule has 0 amide bonds. The van der Waals surface area contributed by atoms with Gasteiger partial charge in [-0.25, -0.2) is 9.97 Å². The van der Waals surface area contributed by atoms with Gasteiger partial charge in [-0.2, -0.15) is 4.52 Å². The summed E-state index contributed by atoms with van der Waals surface area (Å²) >= 11 is 0. The number of hydrogen-bond acceptors (Lipinski definition) is 6. The van der Waals surface area contributed by atoms with E-state index in [4.69, 9.17) is 15.7 Å². The molecule has 0 saturated heterocycles. The Balaban J connectivity index is 1.76. The van der Waals surface area contributed by atoms with Crippen LogP contribution in [-0.4, -0.2) is 30.6 Å². The van der Waals surface area contributed by atoms with Gasteiger partial charge in [0, 0.05) is 23.0 Å². The van der Waals surface area contributed by atoms with E-state index in [2.05, 4.69) is 27.5 Å². The number of nitrogens with one attached hydrogen (secondary N) is 1. The molecule has 0 radical (unpaired) electrons. The Kier molecular flexibility index (Phi) is 4.24. The van der Waals surface area contributed by atoms with Crippen LogP contribution in [0.15, 0.2) is 42.5 Å². The van der Waals surface area contributed by atoms with Crippen molar-refractivity contribution in [1.82, 2.24) is 29.9 Å². The summed E-state index contributed by atoms with van der Waals surface area (Å²) in [6.45, 7) is 4.62. The first-order chi connectivity index (χ1) is 14.1. The van der Waals surface area contributed by atoms with Gasteiger partial charge in [0.1, 0.15) is 0 Å². The van der Waals surface area contributed by atoms with E-state index in [9.17, 15) is 0 Å². The van der Waals surface area contributed by atoms with Gasteiger partial charge in [0.05, 0.1) is 17.8 Å². The highest BCUT2D eigenvalue weighted by Gasteiger charge is 2.23. The van der Waals surface area contributed by atoms with Crippen molar-refractivity contribution in [2.24, 2.45) is 0 Å². The molecule has 5 rings (SSSR count). The second kappa shape index (κ2) is 6.93. The standard InChI is InChI=1S/C22H23N7/c1-13-10-16(11-14(2)25-13)19-20(15-6-4-3-5-7-15)27-22(23)29-21(19)26-18(28-29)12-24-17-8-9-17/h3-7,10-11,17,24H,8-9,12H2,1-2H3,(H2,23,27). The third-order valence-electron chi connectivity index (χ3n) is 5.10. The van der Waals surface area contributed by atoms with Crippen molar-refractivity contribution in [2.45, 2.75) is 39.3 Å². The Morgan fingerprint density at radius 3 is 2.41 bits per heavy atom. The van der Waals surface area contributed by atoms with Crippen LogP contribution in [0.3, 0.4) is 0 Å². The Hall–Kier alpha value is -3.32. The largest absolute Gasteiger partial charge is 0.368 e. The number of anilines is 1. The van der Waals surface area contributed by atoms with Crippen LogP contribution in [0.2, 0.25) is 0 Å². The van der Waals surface area contributed by atoms with E-state index in [-0.39, 0.29) is 0 Å². The van der Waals surface area contributed by atoms with Crippen LogP contribution in [-0.2, 0) is 6.54 Å². The predicted molar refractivity (Wildman–Crippen MR) is 113 cm³/mol. The van der Waals surface area contributed by atoms with E-state index in [1.165, 1.54) is 12.8 Å². The van der Waals surface area contributed by atoms with Crippen LogP contribution in [0.5, 0.6) is 0 Å². The molecule has 0 bridgehead atoms. The molecule has 1 aromatic carbocycles. The van der Waals surface area contributed by atoms with Gasteiger partial charge in [-0.3, -0.25) is 4.98 Å². The number of rotatable bonds is 5. The molecule has 1 aliphatic rings. The lowest BCUT2D eigenvalue weighted by molar-refractivity contribution is 0.657. The Bertz CT molecular complexity index is 1170. The Morgan fingerprint density at radius 1 is 1.00 bits per heavy atom. The number of fused-ring (bicyclic) bond motifs is 1. The highest BCUT2D eigenvalue weighted by atomic mass is 15.4. The summed E-state index contributed by atoms with van der Waals surface area (Å²) in [5.74, 6) is 1.05. The lowest BCUT2D eigenvalue weighted by atomic mass is 9.99. The molecular formula is C22H23N7. The zero-order valence-corrected chi connectivity index (χ0v) is 16.6. The quantitative estimate of drug-likeness (QED) is 0.547.